The van der Waals surface area contributed by atoms with Crippen LogP contribution in [0.2, 0.25) is 5.02 Å². The summed E-state index contributed by atoms with van der Waals surface area (Å²) in [5, 5.41) is 15.7. The third-order valence-corrected chi connectivity index (χ3v) is 3.68. The highest BCUT2D eigenvalue weighted by Gasteiger charge is 2.27. The minimum absolute atomic E-state index is 0.376. The van der Waals surface area contributed by atoms with E-state index in [0.717, 1.165) is 12.8 Å². The van der Waals surface area contributed by atoms with Gasteiger partial charge in [0.05, 0.1) is 6.04 Å². The maximum atomic E-state index is 12.0. The van der Waals surface area contributed by atoms with Gasteiger partial charge in [-0.3, -0.25) is 9.59 Å². The van der Waals surface area contributed by atoms with Gasteiger partial charge in [0, 0.05) is 17.1 Å². The zero-order valence-electron chi connectivity index (χ0n) is 11.8. The quantitative estimate of drug-likeness (QED) is 0.742. The molecule has 3 N–H and O–H groups in total. The lowest BCUT2D eigenvalue weighted by Crippen LogP contribution is -2.49. The molecule has 0 aromatic heterocycles. The van der Waals surface area contributed by atoms with Gasteiger partial charge in [-0.25, -0.2) is 0 Å². The zero-order valence-corrected chi connectivity index (χ0v) is 12.6. The summed E-state index contributed by atoms with van der Waals surface area (Å²) in [6.07, 6.45) is 0.973. The molecule has 5 nitrogen and oxygen atoms in total. The molecular weight excluding hydrogens is 292 g/mol. The van der Waals surface area contributed by atoms with Crippen LogP contribution in [0.1, 0.15) is 30.1 Å². The van der Waals surface area contributed by atoms with Gasteiger partial charge in [-0.1, -0.05) is 17.7 Å². The molecule has 1 saturated carbocycles. The van der Waals surface area contributed by atoms with Gasteiger partial charge >= 0.3 is 0 Å². The van der Waals surface area contributed by atoms with Crippen LogP contribution in [-0.4, -0.2) is 35.6 Å². The number of amides is 2. The molecule has 0 bridgehead atoms. The molecule has 1 fully saturated rings. The minimum atomic E-state index is -1.27. The fraction of sp³-hybridized carbons (Fsp3) is 0.467. The fourth-order valence-corrected chi connectivity index (χ4v) is 2.09. The van der Waals surface area contributed by atoms with Crippen molar-refractivity contribution in [3.05, 3.63) is 34.9 Å². The Kier molecular flexibility index (Phi) is 5.20. The van der Waals surface area contributed by atoms with Gasteiger partial charge in [0.15, 0.2) is 6.10 Å². The Labute approximate surface area is 128 Å². The molecule has 2 rings (SSSR count). The van der Waals surface area contributed by atoms with Gasteiger partial charge in [0.2, 0.25) is 0 Å². The highest BCUT2D eigenvalue weighted by atomic mass is 35.5. The fourth-order valence-electron chi connectivity index (χ4n) is 1.90. The van der Waals surface area contributed by atoms with Crippen molar-refractivity contribution in [2.75, 3.05) is 6.54 Å². The maximum Gasteiger partial charge on any atom is 0.251 e. The molecule has 21 heavy (non-hydrogen) atoms. The molecule has 0 saturated heterocycles. The second-order valence-electron chi connectivity index (χ2n) is 5.41. The van der Waals surface area contributed by atoms with Crippen LogP contribution in [0.5, 0.6) is 0 Å². The highest BCUT2D eigenvalue weighted by Crippen LogP contribution is 2.27. The van der Waals surface area contributed by atoms with Crippen molar-refractivity contribution in [1.29, 1.82) is 0 Å². The van der Waals surface area contributed by atoms with Crippen LogP contribution in [0.4, 0.5) is 0 Å². The topological polar surface area (TPSA) is 78.4 Å². The van der Waals surface area contributed by atoms with Crippen molar-refractivity contribution >= 4 is 23.4 Å². The van der Waals surface area contributed by atoms with Gasteiger partial charge in [-0.2, -0.15) is 0 Å². The summed E-state index contributed by atoms with van der Waals surface area (Å²) in [4.78, 5) is 23.8. The van der Waals surface area contributed by atoms with E-state index in [0.29, 0.717) is 23.0 Å². The molecule has 0 aliphatic heterocycles. The van der Waals surface area contributed by atoms with Gasteiger partial charge in [0.1, 0.15) is 0 Å². The Morgan fingerprint density at radius 3 is 2.76 bits per heavy atom. The number of benzene rings is 1. The number of halogens is 1. The zero-order chi connectivity index (χ0) is 15.4. The first kappa shape index (κ1) is 15.8. The van der Waals surface area contributed by atoms with Crippen molar-refractivity contribution in [3.63, 3.8) is 0 Å². The van der Waals surface area contributed by atoms with E-state index in [-0.39, 0.29) is 5.91 Å². The van der Waals surface area contributed by atoms with Gasteiger partial charge in [-0.05, 0) is 43.9 Å². The Morgan fingerprint density at radius 2 is 2.14 bits per heavy atom. The molecule has 0 spiro atoms. The number of carbonyl (C=O) groups is 2. The van der Waals surface area contributed by atoms with Crippen molar-refractivity contribution in [2.45, 2.75) is 31.9 Å². The summed E-state index contributed by atoms with van der Waals surface area (Å²) in [5.74, 6) is -0.294. The first-order chi connectivity index (χ1) is 9.97. The molecule has 1 aromatic carbocycles. The molecule has 1 aromatic rings. The lowest BCUT2D eigenvalue weighted by molar-refractivity contribution is -0.130. The average molecular weight is 311 g/mol. The number of hydrogen-bond donors (Lipinski definition) is 3. The van der Waals surface area contributed by atoms with Crippen LogP contribution < -0.4 is 10.6 Å². The van der Waals surface area contributed by atoms with Crippen LogP contribution in [0.25, 0.3) is 0 Å². The number of nitrogens with one attached hydrogen (secondary N) is 2. The number of rotatable bonds is 6. The molecule has 2 amide bonds. The highest BCUT2D eigenvalue weighted by molar-refractivity contribution is 6.30. The third kappa shape index (κ3) is 4.72. The maximum absolute atomic E-state index is 12.0. The second kappa shape index (κ2) is 6.91. The molecule has 2 unspecified atom stereocenters. The molecular formula is C15H19ClN2O3. The molecule has 0 heterocycles. The van der Waals surface area contributed by atoms with E-state index >= 15 is 0 Å². The average Bonchev–Trinajstić information content (AvgIpc) is 3.28. The Morgan fingerprint density at radius 1 is 1.43 bits per heavy atom. The summed E-state index contributed by atoms with van der Waals surface area (Å²) >= 11 is 5.82. The standard InChI is InChI=1S/C15H19ClN2O3/c1-9(13(19)15(21)17-8-10-5-6-10)18-14(20)11-3-2-4-12(16)7-11/h2-4,7,9-10,13,19H,5-6,8H2,1H3,(H,17,21)(H,18,20). The Hall–Kier alpha value is -1.59. The summed E-state index contributed by atoms with van der Waals surface area (Å²) in [6.45, 7) is 2.18. The first-order valence-corrected chi connectivity index (χ1v) is 7.37. The van der Waals surface area contributed by atoms with E-state index in [4.69, 9.17) is 11.6 Å². The number of aliphatic hydroxyl groups is 1. The van der Waals surface area contributed by atoms with E-state index in [1.807, 2.05) is 0 Å². The first-order valence-electron chi connectivity index (χ1n) is 6.99. The summed E-state index contributed by atoms with van der Waals surface area (Å²) < 4.78 is 0. The molecule has 1 aliphatic carbocycles. The largest absolute Gasteiger partial charge is 0.381 e. The van der Waals surface area contributed by atoms with E-state index < -0.39 is 18.1 Å². The summed E-state index contributed by atoms with van der Waals surface area (Å²) in [6, 6.07) is 5.80. The Bertz CT molecular complexity index is 531. The molecule has 114 valence electrons. The number of hydrogen-bond acceptors (Lipinski definition) is 3. The van der Waals surface area contributed by atoms with Gasteiger partial charge in [-0.15, -0.1) is 0 Å². The summed E-state index contributed by atoms with van der Waals surface area (Å²) in [7, 11) is 0. The monoisotopic (exact) mass is 310 g/mol. The molecule has 0 radical (unpaired) electrons. The molecule has 2 atom stereocenters. The summed E-state index contributed by atoms with van der Waals surface area (Å²) in [5.41, 5.74) is 0.389. The van der Waals surface area contributed by atoms with Crippen molar-refractivity contribution < 1.29 is 14.7 Å². The van der Waals surface area contributed by atoms with Crippen LogP contribution in [0.3, 0.4) is 0 Å². The van der Waals surface area contributed by atoms with Gasteiger partial charge < -0.3 is 15.7 Å². The van der Waals surface area contributed by atoms with Crippen LogP contribution in [0, 0.1) is 5.92 Å². The smallest absolute Gasteiger partial charge is 0.251 e. The van der Waals surface area contributed by atoms with Crippen molar-refractivity contribution in [2.24, 2.45) is 5.92 Å². The van der Waals surface area contributed by atoms with E-state index in [1.54, 1.807) is 25.1 Å². The van der Waals surface area contributed by atoms with Crippen LogP contribution in [0.15, 0.2) is 24.3 Å². The van der Waals surface area contributed by atoms with Gasteiger partial charge in [0.25, 0.3) is 11.8 Å². The second-order valence-corrected chi connectivity index (χ2v) is 5.84. The van der Waals surface area contributed by atoms with E-state index in [9.17, 15) is 14.7 Å². The van der Waals surface area contributed by atoms with Crippen molar-refractivity contribution in [3.8, 4) is 0 Å². The lowest BCUT2D eigenvalue weighted by Gasteiger charge is -2.19. The molecule has 1 aliphatic rings. The Balaban J connectivity index is 1.85. The number of aliphatic hydroxyl groups excluding tert-OH is 1. The predicted octanol–water partition coefficient (Wildman–Crippen LogP) is 1.35. The SMILES string of the molecule is CC(NC(=O)c1cccc(Cl)c1)C(O)C(=O)NCC1CC1. The van der Waals surface area contributed by atoms with Crippen LogP contribution >= 0.6 is 11.6 Å². The normalized spacial score (nSPS) is 16.9. The minimum Gasteiger partial charge on any atom is -0.381 e. The molecule has 6 heteroatoms. The predicted molar refractivity (Wildman–Crippen MR) is 80.1 cm³/mol. The van der Waals surface area contributed by atoms with Crippen molar-refractivity contribution in [1.82, 2.24) is 10.6 Å². The van der Waals surface area contributed by atoms with E-state index in [1.165, 1.54) is 6.07 Å². The lowest BCUT2D eigenvalue weighted by atomic mass is 10.1. The third-order valence-electron chi connectivity index (χ3n) is 3.45. The van der Waals surface area contributed by atoms with E-state index in [2.05, 4.69) is 10.6 Å². The van der Waals surface area contributed by atoms with Crippen LogP contribution in [-0.2, 0) is 4.79 Å². The number of carbonyl (C=O) groups excluding carboxylic acids is 2.